The lowest BCUT2D eigenvalue weighted by Gasteiger charge is -1.90. The molecule has 0 amide bonds. The van der Waals surface area contributed by atoms with E-state index in [0.717, 1.165) is 27.8 Å². The zero-order valence-electron chi connectivity index (χ0n) is 8.09. The molecule has 1 rings (SSSR count). The van der Waals surface area contributed by atoms with E-state index in [-0.39, 0.29) is 5.78 Å². The van der Waals surface area contributed by atoms with E-state index in [2.05, 4.69) is 4.98 Å². The van der Waals surface area contributed by atoms with Crippen molar-refractivity contribution in [1.29, 1.82) is 0 Å². The number of thioether (sulfide) groups is 1. The molecule has 0 saturated carbocycles. The molecule has 0 bridgehead atoms. The fraction of sp³-hybridized carbons (Fsp3) is 0.556. The molecule has 0 aliphatic carbocycles. The Hall–Kier alpha value is -0.350. The summed E-state index contributed by atoms with van der Waals surface area (Å²) < 4.78 is 0. The molecule has 13 heavy (non-hydrogen) atoms. The monoisotopic (exact) mass is 215 g/mol. The highest BCUT2D eigenvalue weighted by molar-refractivity contribution is 7.97. The lowest BCUT2D eigenvalue weighted by molar-refractivity contribution is 0.102. The fourth-order valence-electron chi connectivity index (χ4n) is 1.10. The number of Topliss-reactive ketones (excluding diaryl/α,β-unsaturated/α-hetero) is 1. The largest absolute Gasteiger partial charge is 0.294 e. The zero-order chi connectivity index (χ0) is 9.84. The van der Waals surface area contributed by atoms with Gasteiger partial charge < -0.3 is 0 Å². The average molecular weight is 215 g/mol. The molecule has 72 valence electrons. The second kappa shape index (κ2) is 4.77. The number of thiazole rings is 1. The van der Waals surface area contributed by atoms with Crippen molar-refractivity contribution in [1.82, 2.24) is 4.98 Å². The van der Waals surface area contributed by atoms with E-state index >= 15 is 0 Å². The van der Waals surface area contributed by atoms with Crippen LogP contribution in [0.2, 0.25) is 0 Å². The Morgan fingerprint density at radius 2 is 2.31 bits per heavy atom. The van der Waals surface area contributed by atoms with Gasteiger partial charge in [0.05, 0.1) is 10.6 Å². The van der Waals surface area contributed by atoms with Crippen molar-refractivity contribution in [2.24, 2.45) is 0 Å². The van der Waals surface area contributed by atoms with Crippen molar-refractivity contribution in [2.75, 3.05) is 6.26 Å². The van der Waals surface area contributed by atoms with Gasteiger partial charge in [0, 0.05) is 12.7 Å². The Morgan fingerprint density at radius 1 is 1.62 bits per heavy atom. The molecule has 0 unspecified atom stereocenters. The van der Waals surface area contributed by atoms with Crippen LogP contribution in [-0.4, -0.2) is 17.0 Å². The van der Waals surface area contributed by atoms with E-state index in [1.165, 1.54) is 11.3 Å². The highest BCUT2D eigenvalue weighted by atomic mass is 32.2. The predicted octanol–water partition coefficient (Wildman–Crippen LogP) is 2.77. The van der Waals surface area contributed by atoms with Crippen molar-refractivity contribution < 1.29 is 4.79 Å². The summed E-state index contributed by atoms with van der Waals surface area (Å²) in [5.74, 6) is 1.05. The third kappa shape index (κ3) is 2.54. The van der Waals surface area contributed by atoms with E-state index in [4.69, 9.17) is 0 Å². The second-order valence-corrected chi connectivity index (χ2v) is 4.68. The molecule has 0 fully saturated rings. The van der Waals surface area contributed by atoms with Gasteiger partial charge in [-0.15, -0.1) is 11.3 Å². The first kappa shape index (κ1) is 10.7. The molecular weight excluding hydrogens is 202 g/mol. The van der Waals surface area contributed by atoms with Crippen LogP contribution in [-0.2, 0) is 12.2 Å². The van der Waals surface area contributed by atoms with E-state index in [1.807, 2.05) is 13.2 Å². The maximum absolute atomic E-state index is 11.2. The molecule has 0 aliphatic heterocycles. The van der Waals surface area contributed by atoms with E-state index in [9.17, 15) is 4.79 Å². The number of hydrogen-bond donors (Lipinski definition) is 0. The summed E-state index contributed by atoms with van der Waals surface area (Å²) in [7, 11) is 0. The van der Waals surface area contributed by atoms with Crippen molar-refractivity contribution in [2.45, 2.75) is 26.0 Å². The normalized spacial score (nSPS) is 10.4. The van der Waals surface area contributed by atoms with E-state index in [1.54, 1.807) is 18.7 Å². The third-order valence-electron chi connectivity index (χ3n) is 1.66. The van der Waals surface area contributed by atoms with Crippen LogP contribution in [0.1, 0.15) is 34.2 Å². The Morgan fingerprint density at radius 3 is 2.69 bits per heavy atom. The Bertz CT molecular complexity index is 307. The van der Waals surface area contributed by atoms with Gasteiger partial charge in [0.1, 0.15) is 5.01 Å². The lowest BCUT2D eigenvalue weighted by atomic mass is 10.2. The van der Waals surface area contributed by atoms with E-state index < -0.39 is 0 Å². The highest BCUT2D eigenvalue weighted by Crippen LogP contribution is 2.22. The van der Waals surface area contributed by atoms with Crippen LogP contribution in [0.4, 0.5) is 0 Å². The maximum atomic E-state index is 11.2. The Kier molecular flexibility index (Phi) is 3.93. The first-order valence-corrected chi connectivity index (χ1v) is 6.38. The van der Waals surface area contributed by atoms with Gasteiger partial charge >= 0.3 is 0 Å². The van der Waals surface area contributed by atoms with Gasteiger partial charge in [0.15, 0.2) is 5.78 Å². The summed E-state index contributed by atoms with van der Waals surface area (Å²) in [6, 6.07) is 0. The van der Waals surface area contributed by atoms with Gasteiger partial charge in [-0.1, -0.05) is 6.92 Å². The molecule has 0 spiro atoms. The average Bonchev–Trinajstić information content (AvgIpc) is 2.48. The first-order valence-electron chi connectivity index (χ1n) is 4.17. The number of aryl methyl sites for hydroxylation is 1. The summed E-state index contributed by atoms with van der Waals surface area (Å²) in [4.78, 5) is 16.5. The molecule has 0 saturated heterocycles. The summed E-state index contributed by atoms with van der Waals surface area (Å²) in [6.07, 6.45) is 2.89. The van der Waals surface area contributed by atoms with Gasteiger partial charge in [-0.2, -0.15) is 11.8 Å². The number of aromatic nitrogens is 1. The minimum absolute atomic E-state index is 0.140. The molecule has 1 heterocycles. The Labute approximate surface area is 86.8 Å². The van der Waals surface area contributed by atoms with Gasteiger partial charge in [-0.05, 0) is 12.7 Å². The second-order valence-electron chi connectivity index (χ2n) is 2.73. The molecule has 1 aromatic rings. The lowest BCUT2D eigenvalue weighted by Crippen LogP contribution is -1.93. The number of carbonyl (C=O) groups is 1. The van der Waals surface area contributed by atoms with Crippen LogP contribution in [0.5, 0.6) is 0 Å². The quantitative estimate of drug-likeness (QED) is 0.723. The van der Waals surface area contributed by atoms with Crippen molar-refractivity contribution in [3.05, 3.63) is 15.6 Å². The van der Waals surface area contributed by atoms with Crippen LogP contribution >= 0.6 is 23.1 Å². The molecule has 0 aromatic carbocycles. The maximum Gasteiger partial charge on any atom is 0.171 e. The molecule has 0 N–H and O–H groups in total. The molecule has 0 aliphatic rings. The number of ketones is 1. The van der Waals surface area contributed by atoms with Gasteiger partial charge in [0.25, 0.3) is 0 Å². The molecule has 0 radical (unpaired) electrons. The van der Waals surface area contributed by atoms with Crippen LogP contribution in [0, 0.1) is 0 Å². The van der Waals surface area contributed by atoms with Crippen LogP contribution in [0.3, 0.4) is 0 Å². The minimum Gasteiger partial charge on any atom is -0.294 e. The van der Waals surface area contributed by atoms with Gasteiger partial charge in [-0.3, -0.25) is 4.79 Å². The number of hydrogen-bond acceptors (Lipinski definition) is 4. The molecule has 4 heteroatoms. The van der Waals surface area contributed by atoms with Crippen LogP contribution in [0.15, 0.2) is 0 Å². The first-order chi connectivity index (χ1) is 6.19. The molecule has 0 atom stereocenters. The molecule has 2 nitrogen and oxygen atoms in total. The fourth-order valence-corrected chi connectivity index (χ4v) is 2.84. The number of carbonyl (C=O) groups excluding carboxylic acids is 1. The number of nitrogens with zero attached hydrogens (tertiary/aromatic N) is 1. The summed E-state index contributed by atoms with van der Waals surface area (Å²) in [5.41, 5.74) is 0.960. The molecular formula is C9H13NOS2. The minimum atomic E-state index is 0.140. The highest BCUT2D eigenvalue weighted by Gasteiger charge is 2.12. The standard InChI is InChI=1S/C9H13NOS2/c1-4-7-9(6(2)11)13-8(10-7)5-12-3/h4-5H2,1-3H3. The summed E-state index contributed by atoms with van der Waals surface area (Å²) in [5, 5.41) is 1.06. The van der Waals surface area contributed by atoms with E-state index in [0.29, 0.717) is 0 Å². The topological polar surface area (TPSA) is 30.0 Å². The number of rotatable bonds is 4. The van der Waals surface area contributed by atoms with Crippen molar-refractivity contribution in [3.8, 4) is 0 Å². The van der Waals surface area contributed by atoms with Gasteiger partial charge in [0.2, 0.25) is 0 Å². The predicted molar refractivity (Wildman–Crippen MR) is 58.7 cm³/mol. The van der Waals surface area contributed by atoms with Crippen molar-refractivity contribution in [3.63, 3.8) is 0 Å². The Balaban J connectivity index is 2.97. The zero-order valence-corrected chi connectivity index (χ0v) is 9.72. The van der Waals surface area contributed by atoms with Crippen LogP contribution < -0.4 is 0 Å². The summed E-state index contributed by atoms with van der Waals surface area (Å²) in [6.45, 7) is 3.64. The van der Waals surface area contributed by atoms with Crippen LogP contribution in [0.25, 0.3) is 0 Å². The molecule has 1 aromatic heterocycles. The smallest absolute Gasteiger partial charge is 0.171 e. The SMILES string of the molecule is CCc1nc(CSC)sc1C(C)=O. The van der Waals surface area contributed by atoms with Gasteiger partial charge in [-0.25, -0.2) is 4.98 Å². The third-order valence-corrected chi connectivity index (χ3v) is 3.61. The van der Waals surface area contributed by atoms with Crippen molar-refractivity contribution >= 4 is 28.9 Å². The summed E-state index contributed by atoms with van der Waals surface area (Å²) >= 11 is 3.27.